The predicted octanol–water partition coefficient (Wildman–Crippen LogP) is 2.29. The third-order valence-electron chi connectivity index (χ3n) is 2.09. The largest absolute Gasteiger partial charge is 0.390 e. The van der Waals surface area contributed by atoms with Gasteiger partial charge in [0.25, 0.3) is 0 Å². The molecule has 1 rings (SSSR count). The number of aliphatic hydroxyl groups is 1. The van der Waals surface area contributed by atoms with Crippen LogP contribution in [0.15, 0.2) is 18.2 Å². The highest BCUT2D eigenvalue weighted by atomic mass is 19.1. The summed E-state index contributed by atoms with van der Waals surface area (Å²) in [7, 11) is 0. The van der Waals surface area contributed by atoms with Crippen LogP contribution < -0.4 is 0 Å². The summed E-state index contributed by atoms with van der Waals surface area (Å²) in [4.78, 5) is 0. The van der Waals surface area contributed by atoms with E-state index in [1.165, 1.54) is 0 Å². The molecule has 1 unspecified atom stereocenters. The quantitative estimate of drug-likeness (QED) is 0.841. The number of rotatable bonds is 5. The van der Waals surface area contributed by atoms with Gasteiger partial charge in [0.05, 0.1) is 18.8 Å². The second kappa shape index (κ2) is 5.92. The van der Waals surface area contributed by atoms with Crippen LogP contribution in [0.4, 0.5) is 8.78 Å². The maximum absolute atomic E-state index is 13.2. The average molecular weight is 230 g/mol. The first-order valence-corrected chi connectivity index (χ1v) is 5.22. The maximum Gasteiger partial charge on any atom is 0.126 e. The van der Waals surface area contributed by atoms with Crippen LogP contribution in [-0.4, -0.2) is 23.9 Å². The maximum atomic E-state index is 13.2. The van der Waals surface area contributed by atoms with Crippen molar-refractivity contribution in [2.75, 3.05) is 6.61 Å². The van der Waals surface area contributed by atoms with E-state index in [0.717, 1.165) is 18.2 Å². The van der Waals surface area contributed by atoms with Gasteiger partial charge < -0.3 is 9.84 Å². The van der Waals surface area contributed by atoms with Crippen molar-refractivity contribution in [1.82, 2.24) is 0 Å². The molecule has 0 aliphatic carbocycles. The number of hydrogen-bond acceptors (Lipinski definition) is 2. The van der Waals surface area contributed by atoms with Crippen molar-refractivity contribution < 1.29 is 18.6 Å². The summed E-state index contributed by atoms with van der Waals surface area (Å²) in [6.07, 6.45) is -0.762. The lowest BCUT2D eigenvalue weighted by Gasteiger charge is -2.13. The van der Waals surface area contributed by atoms with Gasteiger partial charge in [-0.05, 0) is 37.6 Å². The lowest BCUT2D eigenvalue weighted by atomic mass is 10.1. The van der Waals surface area contributed by atoms with Gasteiger partial charge in [0.15, 0.2) is 0 Å². The minimum atomic E-state index is -0.821. The minimum absolute atomic E-state index is 0.00649. The van der Waals surface area contributed by atoms with E-state index in [1.54, 1.807) is 0 Å². The molecule has 0 aliphatic rings. The number of aliphatic hydroxyl groups excluding tert-OH is 1. The molecule has 0 aliphatic heterocycles. The van der Waals surface area contributed by atoms with Gasteiger partial charge in [0.1, 0.15) is 11.6 Å². The van der Waals surface area contributed by atoms with Crippen LogP contribution in [0.5, 0.6) is 0 Å². The van der Waals surface area contributed by atoms with E-state index in [4.69, 9.17) is 4.74 Å². The Morgan fingerprint density at radius 1 is 1.31 bits per heavy atom. The van der Waals surface area contributed by atoms with E-state index in [2.05, 4.69) is 0 Å². The predicted molar refractivity (Wildman–Crippen MR) is 57.2 cm³/mol. The summed E-state index contributed by atoms with van der Waals surface area (Å²) in [5, 5.41) is 9.55. The molecule has 4 heteroatoms. The fourth-order valence-corrected chi connectivity index (χ4v) is 1.32. The van der Waals surface area contributed by atoms with E-state index < -0.39 is 17.7 Å². The Morgan fingerprint density at radius 2 is 2.00 bits per heavy atom. The number of halogens is 2. The molecule has 2 nitrogen and oxygen atoms in total. The lowest BCUT2D eigenvalue weighted by molar-refractivity contribution is 0.00591. The van der Waals surface area contributed by atoms with Gasteiger partial charge >= 0.3 is 0 Å². The molecule has 0 heterocycles. The van der Waals surface area contributed by atoms with Crippen molar-refractivity contribution in [3.63, 3.8) is 0 Å². The molecule has 1 aromatic rings. The van der Waals surface area contributed by atoms with E-state index in [9.17, 15) is 13.9 Å². The molecule has 1 N–H and O–H groups in total. The highest BCUT2D eigenvalue weighted by Crippen LogP contribution is 2.12. The van der Waals surface area contributed by atoms with Crippen LogP contribution >= 0.6 is 0 Å². The van der Waals surface area contributed by atoms with Crippen LogP contribution in [0.2, 0.25) is 0 Å². The summed E-state index contributed by atoms with van der Waals surface area (Å²) < 4.78 is 31.2. The molecule has 0 saturated carbocycles. The SMILES string of the molecule is CC(C)OCC(O)Cc1cc(F)ccc1F. The Hall–Kier alpha value is -1.00. The van der Waals surface area contributed by atoms with Gasteiger partial charge in [0.2, 0.25) is 0 Å². The summed E-state index contributed by atoms with van der Waals surface area (Å²) in [6.45, 7) is 3.80. The molecule has 16 heavy (non-hydrogen) atoms. The molecular formula is C12H16F2O2. The molecule has 0 amide bonds. The van der Waals surface area contributed by atoms with Gasteiger partial charge in [-0.25, -0.2) is 8.78 Å². The van der Waals surface area contributed by atoms with Crippen molar-refractivity contribution in [1.29, 1.82) is 0 Å². The normalized spacial score (nSPS) is 13.1. The van der Waals surface area contributed by atoms with Gasteiger partial charge in [-0.2, -0.15) is 0 Å². The van der Waals surface area contributed by atoms with Gasteiger partial charge in [0, 0.05) is 6.42 Å². The summed E-state index contributed by atoms with van der Waals surface area (Å²) in [6, 6.07) is 3.20. The fourth-order valence-electron chi connectivity index (χ4n) is 1.32. The Kier molecular flexibility index (Phi) is 4.83. The molecule has 0 spiro atoms. The van der Waals surface area contributed by atoms with Gasteiger partial charge in [-0.3, -0.25) is 0 Å². The standard InChI is InChI=1S/C12H16F2O2/c1-8(2)16-7-11(15)6-9-5-10(13)3-4-12(9)14/h3-5,8,11,15H,6-7H2,1-2H3. The van der Waals surface area contributed by atoms with E-state index in [1.807, 2.05) is 13.8 Å². The zero-order chi connectivity index (χ0) is 12.1. The molecule has 0 bridgehead atoms. The molecule has 0 radical (unpaired) electrons. The van der Waals surface area contributed by atoms with Crippen LogP contribution in [0, 0.1) is 11.6 Å². The Bertz CT molecular complexity index is 340. The van der Waals surface area contributed by atoms with Crippen molar-refractivity contribution in [2.45, 2.75) is 32.5 Å². The van der Waals surface area contributed by atoms with Crippen molar-refractivity contribution in [2.24, 2.45) is 0 Å². The first kappa shape index (κ1) is 13.1. The van der Waals surface area contributed by atoms with Crippen LogP contribution in [-0.2, 0) is 11.2 Å². The minimum Gasteiger partial charge on any atom is -0.390 e. The third-order valence-corrected chi connectivity index (χ3v) is 2.09. The Balaban J connectivity index is 2.55. The van der Waals surface area contributed by atoms with Gasteiger partial charge in [-0.15, -0.1) is 0 Å². The van der Waals surface area contributed by atoms with Crippen LogP contribution in [0.1, 0.15) is 19.4 Å². The highest BCUT2D eigenvalue weighted by Gasteiger charge is 2.11. The third kappa shape index (κ3) is 4.24. The highest BCUT2D eigenvalue weighted by molar-refractivity contribution is 5.19. The Morgan fingerprint density at radius 3 is 2.62 bits per heavy atom. The van der Waals surface area contributed by atoms with Crippen molar-refractivity contribution >= 4 is 0 Å². The smallest absolute Gasteiger partial charge is 0.126 e. The summed E-state index contributed by atoms with van der Waals surface area (Å²) in [5.74, 6) is -1.02. The molecule has 1 aromatic carbocycles. The molecule has 0 aromatic heterocycles. The number of benzene rings is 1. The molecule has 1 atom stereocenters. The fraction of sp³-hybridized carbons (Fsp3) is 0.500. The van der Waals surface area contributed by atoms with Gasteiger partial charge in [-0.1, -0.05) is 0 Å². The van der Waals surface area contributed by atoms with E-state index in [0.29, 0.717) is 0 Å². The van der Waals surface area contributed by atoms with Crippen LogP contribution in [0.3, 0.4) is 0 Å². The monoisotopic (exact) mass is 230 g/mol. The molecular weight excluding hydrogens is 214 g/mol. The number of hydrogen-bond donors (Lipinski definition) is 1. The molecule has 90 valence electrons. The first-order valence-electron chi connectivity index (χ1n) is 5.22. The van der Waals surface area contributed by atoms with Crippen LogP contribution in [0.25, 0.3) is 0 Å². The second-order valence-electron chi connectivity index (χ2n) is 3.98. The second-order valence-corrected chi connectivity index (χ2v) is 3.98. The zero-order valence-corrected chi connectivity index (χ0v) is 9.41. The average Bonchev–Trinajstić information content (AvgIpc) is 2.20. The lowest BCUT2D eigenvalue weighted by Crippen LogP contribution is -2.21. The van der Waals surface area contributed by atoms with E-state index in [-0.39, 0.29) is 24.7 Å². The first-order chi connectivity index (χ1) is 7.49. The molecule has 0 fully saturated rings. The zero-order valence-electron chi connectivity index (χ0n) is 9.41. The molecule has 0 saturated heterocycles. The van der Waals surface area contributed by atoms with E-state index >= 15 is 0 Å². The Labute approximate surface area is 93.9 Å². The number of ether oxygens (including phenoxy) is 1. The summed E-state index contributed by atoms with van der Waals surface area (Å²) in [5.41, 5.74) is 0.167. The van der Waals surface area contributed by atoms with Crippen molar-refractivity contribution in [3.05, 3.63) is 35.4 Å². The summed E-state index contributed by atoms with van der Waals surface area (Å²) >= 11 is 0. The van der Waals surface area contributed by atoms with Crippen molar-refractivity contribution in [3.8, 4) is 0 Å². The topological polar surface area (TPSA) is 29.5 Å².